The SMILES string of the molecule is CC[NH+](CC)CCNS(=O)(=O)c1cc(C)ccc1C. The number of likely N-dealkylation sites (N-methyl/N-ethyl adjacent to an activating group) is 1. The lowest BCUT2D eigenvalue weighted by atomic mass is 10.2. The van der Waals surface area contributed by atoms with E-state index in [-0.39, 0.29) is 0 Å². The van der Waals surface area contributed by atoms with Gasteiger partial charge in [-0.1, -0.05) is 12.1 Å². The van der Waals surface area contributed by atoms with Crippen LogP contribution in [-0.4, -0.2) is 34.6 Å². The fourth-order valence-corrected chi connectivity index (χ4v) is 3.40. The Morgan fingerprint density at radius 2 is 1.79 bits per heavy atom. The molecule has 0 bridgehead atoms. The third kappa shape index (κ3) is 4.60. The molecule has 2 N–H and O–H groups in total. The van der Waals surface area contributed by atoms with Crippen LogP contribution in [0.5, 0.6) is 0 Å². The molecule has 0 unspecified atom stereocenters. The van der Waals surface area contributed by atoms with Gasteiger partial charge in [0.05, 0.1) is 31.1 Å². The van der Waals surface area contributed by atoms with E-state index in [4.69, 9.17) is 0 Å². The highest BCUT2D eigenvalue weighted by Gasteiger charge is 2.17. The minimum atomic E-state index is -3.39. The maximum absolute atomic E-state index is 12.2. The average Bonchev–Trinajstić information content (AvgIpc) is 2.37. The van der Waals surface area contributed by atoms with Crippen LogP contribution in [0.1, 0.15) is 25.0 Å². The highest BCUT2D eigenvalue weighted by atomic mass is 32.2. The maximum atomic E-state index is 12.2. The number of benzene rings is 1. The zero-order valence-electron chi connectivity index (χ0n) is 12.3. The Hall–Kier alpha value is -0.910. The van der Waals surface area contributed by atoms with Gasteiger partial charge in [0.25, 0.3) is 0 Å². The van der Waals surface area contributed by atoms with Crippen molar-refractivity contribution in [2.75, 3.05) is 26.2 Å². The molecule has 0 amide bonds. The molecule has 0 spiro atoms. The first-order valence-electron chi connectivity index (χ1n) is 6.81. The van der Waals surface area contributed by atoms with E-state index in [1.54, 1.807) is 6.07 Å². The second-order valence-electron chi connectivity index (χ2n) is 4.87. The second-order valence-corrected chi connectivity index (χ2v) is 6.61. The summed E-state index contributed by atoms with van der Waals surface area (Å²) in [4.78, 5) is 1.78. The Morgan fingerprint density at radius 3 is 2.37 bits per heavy atom. The summed E-state index contributed by atoms with van der Waals surface area (Å²) in [5, 5.41) is 0. The average molecular weight is 285 g/mol. The highest BCUT2D eigenvalue weighted by Crippen LogP contribution is 2.16. The lowest BCUT2D eigenvalue weighted by molar-refractivity contribution is -0.895. The molecule has 0 aliphatic carbocycles. The molecule has 0 aliphatic heterocycles. The summed E-state index contributed by atoms with van der Waals surface area (Å²) in [5.74, 6) is 0. The van der Waals surface area contributed by atoms with Gasteiger partial charge in [0, 0.05) is 0 Å². The standard InChI is InChI=1S/C14H24N2O2S/c1-5-16(6-2)10-9-15-19(17,18)14-11-12(3)7-8-13(14)4/h7-8,11,15H,5-6,9-10H2,1-4H3/p+1. The van der Waals surface area contributed by atoms with E-state index in [1.807, 2.05) is 26.0 Å². The largest absolute Gasteiger partial charge is 0.334 e. The topological polar surface area (TPSA) is 50.6 Å². The summed E-state index contributed by atoms with van der Waals surface area (Å²) in [6.07, 6.45) is 0. The number of rotatable bonds is 7. The van der Waals surface area contributed by atoms with E-state index in [9.17, 15) is 8.42 Å². The predicted octanol–water partition coefficient (Wildman–Crippen LogP) is 0.506. The molecule has 19 heavy (non-hydrogen) atoms. The van der Waals surface area contributed by atoms with Gasteiger partial charge < -0.3 is 4.90 Å². The van der Waals surface area contributed by atoms with Crippen LogP contribution in [0.2, 0.25) is 0 Å². The van der Waals surface area contributed by atoms with Crippen LogP contribution >= 0.6 is 0 Å². The van der Waals surface area contributed by atoms with Gasteiger partial charge in [-0.2, -0.15) is 0 Å². The van der Waals surface area contributed by atoms with Gasteiger partial charge in [-0.25, -0.2) is 13.1 Å². The smallest absolute Gasteiger partial charge is 0.241 e. The Morgan fingerprint density at radius 1 is 1.16 bits per heavy atom. The maximum Gasteiger partial charge on any atom is 0.241 e. The Labute approximate surface area is 116 Å². The molecular weight excluding hydrogens is 260 g/mol. The molecule has 0 aliphatic rings. The first-order chi connectivity index (χ1) is 8.90. The van der Waals surface area contributed by atoms with Gasteiger partial charge >= 0.3 is 0 Å². The fourth-order valence-electron chi connectivity index (χ4n) is 2.04. The zero-order chi connectivity index (χ0) is 14.5. The van der Waals surface area contributed by atoms with Crippen molar-refractivity contribution in [1.29, 1.82) is 0 Å². The quantitative estimate of drug-likeness (QED) is 0.767. The van der Waals surface area contributed by atoms with Crippen molar-refractivity contribution in [3.05, 3.63) is 29.3 Å². The van der Waals surface area contributed by atoms with Gasteiger partial charge in [0.1, 0.15) is 0 Å². The summed E-state index contributed by atoms with van der Waals surface area (Å²) < 4.78 is 27.2. The van der Waals surface area contributed by atoms with Crippen molar-refractivity contribution < 1.29 is 13.3 Å². The van der Waals surface area contributed by atoms with Crippen LogP contribution in [0.4, 0.5) is 0 Å². The highest BCUT2D eigenvalue weighted by molar-refractivity contribution is 7.89. The molecule has 1 aromatic rings. The molecule has 0 heterocycles. The van der Waals surface area contributed by atoms with Crippen molar-refractivity contribution in [3.8, 4) is 0 Å². The van der Waals surface area contributed by atoms with E-state index in [0.29, 0.717) is 11.4 Å². The van der Waals surface area contributed by atoms with Crippen molar-refractivity contribution >= 4 is 10.0 Å². The number of aryl methyl sites for hydroxylation is 2. The van der Waals surface area contributed by atoms with E-state index in [0.717, 1.165) is 30.8 Å². The summed E-state index contributed by atoms with van der Waals surface area (Å²) in [7, 11) is -3.39. The minimum Gasteiger partial charge on any atom is -0.334 e. The van der Waals surface area contributed by atoms with Crippen LogP contribution in [0, 0.1) is 13.8 Å². The molecule has 0 saturated carbocycles. The lowest BCUT2D eigenvalue weighted by Crippen LogP contribution is -3.12. The molecule has 0 saturated heterocycles. The summed E-state index contributed by atoms with van der Waals surface area (Å²) >= 11 is 0. The monoisotopic (exact) mass is 285 g/mol. The summed E-state index contributed by atoms with van der Waals surface area (Å²) in [6, 6.07) is 5.50. The lowest BCUT2D eigenvalue weighted by Gasteiger charge is -2.16. The van der Waals surface area contributed by atoms with E-state index in [1.165, 1.54) is 4.90 Å². The Bertz CT molecular complexity index is 508. The van der Waals surface area contributed by atoms with Crippen LogP contribution in [0.15, 0.2) is 23.1 Å². The zero-order valence-corrected chi connectivity index (χ0v) is 13.1. The first kappa shape index (κ1) is 16.1. The second kappa shape index (κ2) is 7.03. The number of hydrogen-bond acceptors (Lipinski definition) is 2. The number of hydrogen-bond donors (Lipinski definition) is 2. The van der Waals surface area contributed by atoms with E-state index >= 15 is 0 Å². The van der Waals surface area contributed by atoms with Crippen LogP contribution in [0.25, 0.3) is 0 Å². The van der Waals surface area contributed by atoms with Crippen molar-refractivity contribution in [1.82, 2.24) is 4.72 Å². The van der Waals surface area contributed by atoms with Gasteiger partial charge in [-0.3, -0.25) is 0 Å². The van der Waals surface area contributed by atoms with Gasteiger partial charge in [0.2, 0.25) is 10.0 Å². The Kier molecular flexibility index (Phi) is 5.97. The molecule has 1 aromatic carbocycles. The molecule has 0 radical (unpaired) electrons. The molecular formula is C14H25N2O2S+. The van der Waals surface area contributed by atoms with Crippen molar-refractivity contribution in [2.24, 2.45) is 0 Å². The molecule has 4 nitrogen and oxygen atoms in total. The minimum absolute atomic E-state index is 0.391. The predicted molar refractivity (Wildman–Crippen MR) is 78.0 cm³/mol. The first-order valence-corrected chi connectivity index (χ1v) is 8.29. The van der Waals surface area contributed by atoms with Crippen LogP contribution in [-0.2, 0) is 10.0 Å². The van der Waals surface area contributed by atoms with Gasteiger partial charge in [-0.05, 0) is 44.9 Å². The number of quaternary nitrogens is 1. The van der Waals surface area contributed by atoms with E-state index in [2.05, 4.69) is 18.6 Å². The number of nitrogens with one attached hydrogen (secondary N) is 2. The number of sulfonamides is 1. The van der Waals surface area contributed by atoms with Crippen molar-refractivity contribution in [3.63, 3.8) is 0 Å². The van der Waals surface area contributed by atoms with E-state index < -0.39 is 10.0 Å². The molecule has 1 rings (SSSR count). The fraction of sp³-hybridized carbons (Fsp3) is 0.571. The van der Waals surface area contributed by atoms with Gasteiger partial charge in [0.15, 0.2) is 0 Å². The summed E-state index contributed by atoms with van der Waals surface area (Å²) in [6.45, 7) is 11.3. The molecule has 0 aromatic heterocycles. The van der Waals surface area contributed by atoms with Crippen LogP contribution < -0.4 is 9.62 Å². The van der Waals surface area contributed by atoms with Crippen LogP contribution in [0.3, 0.4) is 0 Å². The normalized spacial score (nSPS) is 12.1. The third-order valence-corrected chi connectivity index (χ3v) is 5.01. The van der Waals surface area contributed by atoms with Crippen molar-refractivity contribution in [2.45, 2.75) is 32.6 Å². The molecule has 5 heteroatoms. The third-order valence-electron chi connectivity index (χ3n) is 3.40. The molecule has 0 atom stereocenters. The van der Waals surface area contributed by atoms with Gasteiger partial charge in [-0.15, -0.1) is 0 Å². The molecule has 108 valence electrons. The molecule has 0 fully saturated rings. The Balaban J connectivity index is 2.73. The summed E-state index contributed by atoms with van der Waals surface area (Å²) in [5.41, 5.74) is 1.74.